The molecule has 0 radical (unpaired) electrons. The van der Waals surface area contributed by atoms with Crippen LogP contribution in [0.5, 0.6) is 0 Å². The van der Waals surface area contributed by atoms with Crippen molar-refractivity contribution >= 4 is 6.98 Å². The standard InChI is InChI=1S/C9H17BF3O.K/c1-2-9(14)5-3-8(4-6-9)7-10(11,12)13;/h8,14H,2-7H2,1H3;/q-1;+1. The summed E-state index contributed by atoms with van der Waals surface area (Å²) < 4.78 is 36.3. The van der Waals surface area contributed by atoms with Gasteiger partial charge in [-0.3, -0.25) is 0 Å². The second-order valence-electron chi connectivity index (χ2n) is 4.47. The molecule has 0 bridgehead atoms. The van der Waals surface area contributed by atoms with Crippen molar-refractivity contribution in [3.05, 3.63) is 0 Å². The van der Waals surface area contributed by atoms with Crippen molar-refractivity contribution in [3.8, 4) is 0 Å². The van der Waals surface area contributed by atoms with Gasteiger partial charge in [-0.2, -0.15) is 0 Å². The zero-order chi connectivity index (χ0) is 10.8. The number of halogens is 3. The SMILES string of the molecule is CCC1(O)CCC(C[B-](F)(F)F)CC1.[K+]. The van der Waals surface area contributed by atoms with Gasteiger partial charge < -0.3 is 18.1 Å². The van der Waals surface area contributed by atoms with E-state index >= 15 is 0 Å². The van der Waals surface area contributed by atoms with E-state index in [0.717, 1.165) is 0 Å². The number of rotatable bonds is 3. The first-order valence-corrected chi connectivity index (χ1v) is 5.28. The van der Waals surface area contributed by atoms with Crippen LogP contribution in [0.25, 0.3) is 0 Å². The van der Waals surface area contributed by atoms with Gasteiger partial charge in [0.05, 0.1) is 5.60 Å². The monoisotopic (exact) mass is 248 g/mol. The molecule has 1 fully saturated rings. The molecule has 1 nitrogen and oxygen atoms in total. The quantitative estimate of drug-likeness (QED) is 0.706. The van der Waals surface area contributed by atoms with Gasteiger partial charge in [0.1, 0.15) is 0 Å². The van der Waals surface area contributed by atoms with Crippen LogP contribution in [0.4, 0.5) is 12.9 Å². The second-order valence-corrected chi connectivity index (χ2v) is 4.47. The summed E-state index contributed by atoms with van der Waals surface area (Å²) >= 11 is 0. The van der Waals surface area contributed by atoms with Gasteiger partial charge in [-0.25, -0.2) is 0 Å². The maximum Gasteiger partial charge on any atom is 1.00 e. The molecule has 0 aliphatic heterocycles. The largest absolute Gasteiger partial charge is 1.00 e. The summed E-state index contributed by atoms with van der Waals surface area (Å²) in [5, 5.41) is 9.82. The van der Waals surface area contributed by atoms with E-state index in [9.17, 15) is 18.1 Å². The van der Waals surface area contributed by atoms with Gasteiger partial charge in [0.2, 0.25) is 0 Å². The van der Waals surface area contributed by atoms with Gasteiger partial charge in [-0.1, -0.05) is 32.0 Å². The van der Waals surface area contributed by atoms with Crippen LogP contribution in [0.1, 0.15) is 39.0 Å². The number of hydrogen-bond donors (Lipinski definition) is 1. The predicted molar refractivity (Wildman–Crippen MR) is 51.1 cm³/mol. The van der Waals surface area contributed by atoms with Crippen molar-refractivity contribution in [1.82, 2.24) is 0 Å². The second kappa shape index (κ2) is 6.40. The van der Waals surface area contributed by atoms with Crippen molar-refractivity contribution in [2.75, 3.05) is 0 Å². The third-order valence-electron chi connectivity index (χ3n) is 3.29. The van der Waals surface area contributed by atoms with E-state index in [1.807, 2.05) is 6.92 Å². The van der Waals surface area contributed by atoms with Gasteiger partial charge in [0.15, 0.2) is 0 Å². The van der Waals surface area contributed by atoms with Crippen molar-refractivity contribution in [1.29, 1.82) is 0 Å². The molecule has 0 saturated heterocycles. The van der Waals surface area contributed by atoms with E-state index in [2.05, 4.69) is 0 Å². The Hall–Kier alpha value is 1.45. The van der Waals surface area contributed by atoms with Crippen molar-refractivity contribution < 1.29 is 69.4 Å². The minimum atomic E-state index is -4.65. The molecule has 0 aromatic heterocycles. The first kappa shape index (κ1) is 16.5. The molecule has 0 spiro atoms. The summed E-state index contributed by atoms with van der Waals surface area (Å²) in [6.45, 7) is -2.77. The van der Waals surface area contributed by atoms with E-state index in [0.29, 0.717) is 32.1 Å². The van der Waals surface area contributed by atoms with Gasteiger partial charge in [-0.15, -0.1) is 0 Å². The van der Waals surface area contributed by atoms with Crippen LogP contribution in [0.15, 0.2) is 0 Å². The Labute approximate surface area is 132 Å². The minimum Gasteiger partial charge on any atom is -0.449 e. The molecule has 6 heteroatoms. The Morgan fingerprint density at radius 1 is 1.27 bits per heavy atom. The zero-order valence-corrected chi connectivity index (χ0v) is 12.6. The molecule has 0 heterocycles. The fourth-order valence-electron chi connectivity index (χ4n) is 2.18. The van der Waals surface area contributed by atoms with E-state index in [4.69, 9.17) is 0 Å². The van der Waals surface area contributed by atoms with E-state index < -0.39 is 18.9 Å². The van der Waals surface area contributed by atoms with Gasteiger partial charge >= 0.3 is 58.4 Å². The summed E-state index contributed by atoms with van der Waals surface area (Å²) in [6.07, 6.45) is 2.12. The smallest absolute Gasteiger partial charge is 0.449 e. The molecule has 1 rings (SSSR count). The third kappa shape index (κ3) is 6.08. The molecule has 0 amide bonds. The van der Waals surface area contributed by atoms with Crippen molar-refractivity contribution in [2.24, 2.45) is 5.92 Å². The van der Waals surface area contributed by atoms with E-state index in [-0.39, 0.29) is 57.3 Å². The van der Waals surface area contributed by atoms with Crippen molar-refractivity contribution in [3.63, 3.8) is 0 Å². The average molecular weight is 248 g/mol. The van der Waals surface area contributed by atoms with Gasteiger partial charge in [0.25, 0.3) is 0 Å². The molecule has 0 aromatic carbocycles. The molecule has 0 unspecified atom stereocenters. The van der Waals surface area contributed by atoms with E-state index in [1.165, 1.54) is 0 Å². The molecule has 0 atom stereocenters. The van der Waals surface area contributed by atoms with Crippen LogP contribution < -0.4 is 51.4 Å². The zero-order valence-electron chi connectivity index (χ0n) is 9.48. The van der Waals surface area contributed by atoms with Crippen LogP contribution in [0.3, 0.4) is 0 Å². The van der Waals surface area contributed by atoms with Crippen LogP contribution >= 0.6 is 0 Å². The molecule has 1 saturated carbocycles. The summed E-state index contributed by atoms with van der Waals surface area (Å²) in [5.74, 6) is -0.248. The van der Waals surface area contributed by atoms with Crippen LogP contribution in [0.2, 0.25) is 6.32 Å². The molecule has 1 aliphatic rings. The molecule has 84 valence electrons. The van der Waals surface area contributed by atoms with Gasteiger partial charge in [0, 0.05) is 0 Å². The van der Waals surface area contributed by atoms with Crippen LogP contribution in [-0.2, 0) is 0 Å². The first-order chi connectivity index (χ1) is 6.35. The topological polar surface area (TPSA) is 20.2 Å². The molecular weight excluding hydrogens is 231 g/mol. The Bertz CT molecular complexity index is 190. The maximum absolute atomic E-state index is 12.1. The molecule has 1 N–H and O–H groups in total. The maximum atomic E-state index is 12.1. The predicted octanol–water partition coefficient (Wildman–Crippen LogP) is 0.169. The third-order valence-corrected chi connectivity index (χ3v) is 3.29. The van der Waals surface area contributed by atoms with Crippen LogP contribution in [-0.4, -0.2) is 17.7 Å². The summed E-state index contributed by atoms with van der Waals surface area (Å²) in [4.78, 5) is 0. The molecule has 15 heavy (non-hydrogen) atoms. The number of hydrogen-bond acceptors (Lipinski definition) is 1. The normalized spacial score (nSPS) is 32.2. The number of aliphatic hydroxyl groups is 1. The Morgan fingerprint density at radius 2 is 1.73 bits per heavy atom. The van der Waals surface area contributed by atoms with Crippen molar-refractivity contribution in [2.45, 2.75) is 50.9 Å². The Balaban J connectivity index is 0.00000196. The van der Waals surface area contributed by atoms with Crippen LogP contribution in [0, 0.1) is 5.92 Å². The fourth-order valence-corrected chi connectivity index (χ4v) is 2.18. The molecule has 0 aromatic rings. The Kier molecular flexibility index (Phi) is 7.02. The first-order valence-electron chi connectivity index (χ1n) is 5.28. The van der Waals surface area contributed by atoms with E-state index in [1.54, 1.807) is 0 Å². The molecular formula is C9H17BF3KO. The summed E-state index contributed by atoms with van der Waals surface area (Å²) in [7, 11) is 0. The summed E-state index contributed by atoms with van der Waals surface area (Å²) in [6, 6.07) is 0. The minimum absolute atomic E-state index is 0. The fraction of sp³-hybridized carbons (Fsp3) is 1.00. The van der Waals surface area contributed by atoms with Gasteiger partial charge in [-0.05, 0) is 19.3 Å². The summed E-state index contributed by atoms with van der Waals surface area (Å²) in [5.41, 5.74) is -0.685. The Morgan fingerprint density at radius 3 is 2.07 bits per heavy atom. The molecule has 1 aliphatic carbocycles. The average Bonchev–Trinajstić information content (AvgIpc) is 2.07.